The van der Waals surface area contributed by atoms with E-state index >= 15 is 0 Å². The number of rotatable bonds is 6. The average Bonchev–Trinajstić information content (AvgIpc) is 2.67. The highest BCUT2D eigenvalue weighted by molar-refractivity contribution is 6.00. The first kappa shape index (κ1) is 17.5. The molecule has 2 aromatic carbocycles. The van der Waals surface area contributed by atoms with Crippen molar-refractivity contribution in [1.29, 1.82) is 0 Å². The van der Waals surface area contributed by atoms with Crippen LogP contribution in [-0.4, -0.2) is 27.1 Å². The second-order valence-electron chi connectivity index (χ2n) is 5.60. The van der Waals surface area contributed by atoms with Crippen molar-refractivity contribution in [2.75, 3.05) is 21.3 Å². The lowest BCUT2D eigenvalue weighted by Crippen LogP contribution is -2.14. The second-order valence-corrected chi connectivity index (χ2v) is 5.60. The van der Waals surface area contributed by atoms with Crippen molar-refractivity contribution in [2.24, 2.45) is 0 Å². The number of ether oxygens (including phenoxy) is 3. The minimum atomic E-state index is -0.572. The summed E-state index contributed by atoms with van der Waals surface area (Å²) < 4.78 is 21.0. The Morgan fingerprint density at radius 1 is 0.962 bits per heavy atom. The van der Waals surface area contributed by atoms with Gasteiger partial charge in [-0.3, -0.25) is 4.79 Å². The van der Waals surface area contributed by atoms with E-state index in [2.05, 4.69) is 0 Å². The molecule has 0 spiro atoms. The van der Waals surface area contributed by atoms with Crippen molar-refractivity contribution in [3.05, 3.63) is 64.0 Å². The quantitative estimate of drug-likeness (QED) is 0.500. The molecule has 134 valence electrons. The Labute approximate surface area is 149 Å². The Morgan fingerprint density at radius 3 is 2.42 bits per heavy atom. The Balaban J connectivity index is 2.00. The van der Waals surface area contributed by atoms with Crippen molar-refractivity contribution in [3.63, 3.8) is 0 Å². The molecular weight excluding hydrogens is 336 g/mol. The molecule has 0 radical (unpaired) electrons. The zero-order valence-corrected chi connectivity index (χ0v) is 14.7. The van der Waals surface area contributed by atoms with E-state index in [-0.39, 0.29) is 17.8 Å². The summed E-state index contributed by atoms with van der Waals surface area (Å²) in [6.45, 7) is 0. The first-order chi connectivity index (χ1) is 12.6. The van der Waals surface area contributed by atoms with Crippen molar-refractivity contribution in [3.8, 4) is 17.2 Å². The summed E-state index contributed by atoms with van der Waals surface area (Å²) in [6.07, 6.45) is -0.112. The number of para-hydroxylation sites is 1. The van der Waals surface area contributed by atoms with Crippen molar-refractivity contribution in [1.82, 2.24) is 0 Å². The van der Waals surface area contributed by atoms with Gasteiger partial charge in [0.15, 0.2) is 17.1 Å². The van der Waals surface area contributed by atoms with Crippen LogP contribution in [0.2, 0.25) is 0 Å². The molecular formula is C20H18O6. The summed E-state index contributed by atoms with van der Waals surface area (Å²) in [7, 11) is 4.50. The standard InChI is InChI=1S/C20H18O6/c1-23-14-7-8-17(24-2)15(11-14)16(21)10-13-9-12-5-4-6-18(25-3)19(12)26-20(13)22/h4-9,11H,10H2,1-3H3. The molecule has 0 saturated carbocycles. The number of ketones is 1. The molecule has 0 fully saturated rings. The highest BCUT2D eigenvalue weighted by Crippen LogP contribution is 2.27. The average molecular weight is 354 g/mol. The maximum Gasteiger partial charge on any atom is 0.340 e. The molecule has 3 rings (SSSR count). The van der Waals surface area contributed by atoms with Crippen LogP contribution < -0.4 is 19.8 Å². The molecule has 1 aromatic heterocycles. The summed E-state index contributed by atoms with van der Waals surface area (Å²) in [5.41, 5.74) is 0.394. The lowest BCUT2D eigenvalue weighted by atomic mass is 10.0. The van der Waals surface area contributed by atoms with Gasteiger partial charge in [-0.1, -0.05) is 12.1 Å². The van der Waals surface area contributed by atoms with Crippen LogP contribution in [0.4, 0.5) is 0 Å². The third-order valence-corrected chi connectivity index (χ3v) is 4.07. The van der Waals surface area contributed by atoms with Gasteiger partial charge in [0.2, 0.25) is 0 Å². The van der Waals surface area contributed by atoms with E-state index < -0.39 is 5.63 Å². The van der Waals surface area contributed by atoms with Gasteiger partial charge in [0.1, 0.15) is 11.5 Å². The molecule has 0 N–H and O–H groups in total. The fourth-order valence-electron chi connectivity index (χ4n) is 2.74. The van der Waals surface area contributed by atoms with Crippen LogP contribution in [-0.2, 0) is 6.42 Å². The number of fused-ring (bicyclic) bond motifs is 1. The van der Waals surface area contributed by atoms with Gasteiger partial charge in [-0.05, 0) is 30.3 Å². The van der Waals surface area contributed by atoms with Gasteiger partial charge in [0, 0.05) is 17.4 Å². The topological polar surface area (TPSA) is 75.0 Å². The minimum absolute atomic E-state index is 0.112. The van der Waals surface area contributed by atoms with Crippen LogP contribution in [0.15, 0.2) is 51.7 Å². The van der Waals surface area contributed by atoms with E-state index in [4.69, 9.17) is 18.6 Å². The predicted octanol–water partition coefficient (Wildman–Crippen LogP) is 3.24. The fourth-order valence-corrected chi connectivity index (χ4v) is 2.74. The normalized spacial score (nSPS) is 10.6. The van der Waals surface area contributed by atoms with Crippen LogP contribution >= 0.6 is 0 Å². The molecule has 1 heterocycles. The lowest BCUT2D eigenvalue weighted by molar-refractivity contribution is 0.0988. The number of carbonyl (C=O) groups is 1. The van der Waals surface area contributed by atoms with Crippen molar-refractivity contribution in [2.45, 2.75) is 6.42 Å². The Morgan fingerprint density at radius 2 is 1.73 bits per heavy atom. The first-order valence-electron chi connectivity index (χ1n) is 7.92. The lowest BCUT2D eigenvalue weighted by Gasteiger charge is -2.10. The van der Waals surface area contributed by atoms with Crippen LogP contribution in [0.5, 0.6) is 17.2 Å². The largest absolute Gasteiger partial charge is 0.497 e. The number of Topliss-reactive ketones (excluding diaryl/α,β-unsaturated/α-hetero) is 1. The molecule has 6 heteroatoms. The van der Waals surface area contributed by atoms with Crippen LogP contribution in [0.25, 0.3) is 11.0 Å². The maximum atomic E-state index is 12.7. The van der Waals surface area contributed by atoms with E-state index in [9.17, 15) is 9.59 Å². The number of hydrogen-bond donors (Lipinski definition) is 0. The molecule has 6 nitrogen and oxygen atoms in total. The van der Waals surface area contributed by atoms with Gasteiger partial charge >= 0.3 is 5.63 Å². The smallest absolute Gasteiger partial charge is 0.340 e. The van der Waals surface area contributed by atoms with Gasteiger partial charge in [-0.2, -0.15) is 0 Å². The summed E-state index contributed by atoms with van der Waals surface area (Å²) >= 11 is 0. The molecule has 0 aliphatic heterocycles. The molecule has 0 aliphatic rings. The third kappa shape index (κ3) is 3.26. The second kappa shape index (κ2) is 7.31. The summed E-state index contributed by atoms with van der Waals surface area (Å²) in [6, 6.07) is 11.9. The number of methoxy groups -OCH3 is 3. The fraction of sp³-hybridized carbons (Fsp3) is 0.200. The molecule has 0 bridgehead atoms. The molecule has 0 aliphatic carbocycles. The SMILES string of the molecule is COc1ccc(OC)c(C(=O)Cc2cc3cccc(OC)c3oc2=O)c1. The van der Waals surface area contributed by atoms with E-state index in [0.29, 0.717) is 33.8 Å². The summed E-state index contributed by atoms with van der Waals surface area (Å²) in [5, 5.41) is 0.685. The van der Waals surface area contributed by atoms with Gasteiger partial charge in [-0.25, -0.2) is 4.79 Å². The van der Waals surface area contributed by atoms with Crippen molar-refractivity contribution >= 4 is 16.8 Å². The molecule has 0 unspecified atom stereocenters. The van der Waals surface area contributed by atoms with E-state index in [1.165, 1.54) is 21.3 Å². The summed E-state index contributed by atoms with van der Waals surface area (Å²) in [4.78, 5) is 25.0. The zero-order chi connectivity index (χ0) is 18.7. The molecule has 3 aromatic rings. The van der Waals surface area contributed by atoms with Crippen LogP contribution in [0.3, 0.4) is 0 Å². The Hall–Kier alpha value is -3.28. The number of hydrogen-bond acceptors (Lipinski definition) is 6. The van der Waals surface area contributed by atoms with Gasteiger partial charge in [-0.15, -0.1) is 0 Å². The number of carbonyl (C=O) groups excluding carboxylic acids is 1. The van der Waals surface area contributed by atoms with Gasteiger partial charge in [0.25, 0.3) is 0 Å². The Kier molecular flexibility index (Phi) is 4.93. The molecule has 0 amide bonds. The van der Waals surface area contributed by atoms with E-state index in [1.54, 1.807) is 42.5 Å². The summed E-state index contributed by atoms with van der Waals surface area (Å²) in [5.74, 6) is 1.15. The van der Waals surface area contributed by atoms with E-state index in [0.717, 1.165) is 0 Å². The molecule has 26 heavy (non-hydrogen) atoms. The maximum absolute atomic E-state index is 12.7. The first-order valence-corrected chi connectivity index (χ1v) is 7.92. The molecule has 0 saturated heterocycles. The zero-order valence-electron chi connectivity index (χ0n) is 14.7. The highest BCUT2D eigenvalue weighted by Gasteiger charge is 2.17. The minimum Gasteiger partial charge on any atom is -0.497 e. The van der Waals surface area contributed by atoms with Gasteiger partial charge in [0.05, 0.1) is 26.9 Å². The predicted molar refractivity (Wildman–Crippen MR) is 96.6 cm³/mol. The third-order valence-electron chi connectivity index (χ3n) is 4.07. The monoisotopic (exact) mass is 354 g/mol. The van der Waals surface area contributed by atoms with E-state index in [1.807, 2.05) is 0 Å². The van der Waals surface area contributed by atoms with Gasteiger partial charge < -0.3 is 18.6 Å². The molecule has 0 atom stereocenters. The van der Waals surface area contributed by atoms with Crippen LogP contribution in [0.1, 0.15) is 15.9 Å². The number of benzene rings is 2. The van der Waals surface area contributed by atoms with Crippen LogP contribution in [0, 0.1) is 0 Å². The highest BCUT2D eigenvalue weighted by atomic mass is 16.5. The Bertz CT molecular complexity index is 1020. The van der Waals surface area contributed by atoms with Crippen molar-refractivity contribution < 1.29 is 23.4 Å².